The van der Waals surface area contributed by atoms with E-state index in [-0.39, 0.29) is 0 Å². The molecule has 4 bridgehead atoms. The molecule has 6 rings (SSSR count). The Bertz CT molecular complexity index is 574. The number of rotatable bonds is 3. The quantitative estimate of drug-likeness (QED) is 0.865. The summed E-state index contributed by atoms with van der Waals surface area (Å²) < 4.78 is 1.40. The number of H-pyrrole nitrogens is 1. The molecule has 0 unspecified atom stereocenters. The third kappa shape index (κ3) is 1.79. The van der Waals surface area contributed by atoms with Crippen molar-refractivity contribution in [2.24, 2.45) is 17.8 Å². The molecule has 0 amide bonds. The fraction of sp³-hybridized carbons (Fsp3) is 0.647. The van der Waals surface area contributed by atoms with Crippen LogP contribution in [0.3, 0.4) is 0 Å². The molecule has 0 atom stereocenters. The van der Waals surface area contributed by atoms with Crippen molar-refractivity contribution in [2.75, 3.05) is 0 Å². The van der Waals surface area contributed by atoms with E-state index >= 15 is 0 Å². The number of nitrogens with one attached hydrogen (secondary N) is 2. The highest BCUT2D eigenvalue weighted by Crippen LogP contribution is 2.55. The third-order valence-electron chi connectivity index (χ3n) is 5.99. The zero-order chi connectivity index (χ0) is 13.2. The Kier molecular flexibility index (Phi) is 2.43. The summed E-state index contributed by atoms with van der Waals surface area (Å²) in [6.07, 6.45) is 8.90. The first-order valence-electron chi connectivity index (χ1n) is 8.08. The average molecular weight is 286 g/mol. The van der Waals surface area contributed by atoms with Gasteiger partial charge in [-0.2, -0.15) is 0 Å². The number of hydrogen-bond acceptors (Lipinski definition) is 2. The molecular weight excluding hydrogens is 264 g/mol. The van der Waals surface area contributed by atoms with E-state index < -0.39 is 0 Å². The minimum Gasteiger partial charge on any atom is -0.357 e. The van der Waals surface area contributed by atoms with Gasteiger partial charge in [0, 0.05) is 17.8 Å². The standard InChI is InChI=1S/C17H22N2S/c1-2-20-16-6-14(19-15(1)16)10-18-17-7-11-3-12(8-17)5-13(4-11)9-17/h1-2,6,11-13,18-19H,3-5,7-10H2. The van der Waals surface area contributed by atoms with E-state index in [1.807, 2.05) is 11.3 Å². The molecule has 20 heavy (non-hydrogen) atoms. The maximum absolute atomic E-state index is 3.97. The second-order valence-electron chi connectivity index (χ2n) is 7.54. The molecule has 106 valence electrons. The van der Waals surface area contributed by atoms with Crippen LogP contribution in [0.1, 0.15) is 44.2 Å². The molecule has 2 N–H and O–H groups in total. The number of hydrogen-bond donors (Lipinski definition) is 2. The molecule has 3 heteroatoms. The molecular formula is C17H22N2S. The first-order valence-corrected chi connectivity index (χ1v) is 8.96. The Labute approximate surface area is 124 Å². The van der Waals surface area contributed by atoms with Gasteiger partial charge in [0.15, 0.2) is 0 Å². The summed E-state index contributed by atoms with van der Waals surface area (Å²) in [5.41, 5.74) is 3.15. The maximum atomic E-state index is 3.97. The predicted octanol–water partition coefficient (Wildman–Crippen LogP) is 4.29. The van der Waals surface area contributed by atoms with Crippen LogP contribution in [0.25, 0.3) is 10.2 Å². The Hall–Kier alpha value is -0.800. The lowest BCUT2D eigenvalue weighted by Crippen LogP contribution is -2.58. The van der Waals surface area contributed by atoms with Crippen molar-refractivity contribution in [2.45, 2.75) is 50.6 Å². The zero-order valence-corrected chi connectivity index (χ0v) is 12.6. The second-order valence-corrected chi connectivity index (χ2v) is 8.49. The monoisotopic (exact) mass is 286 g/mol. The summed E-state index contributed by atoms with van der Waals surface area (Å²) >= 11 is 1.83. The fourth-order valence-electron chi connectivity index (χ4n) is 5.61. The predicted molar refractivity (Wildman–Crippen MR) is 83.9 cm³/mol. The van der Waals surface area contributed by atoms with Crippen molar-refractivity contribution in [1.82, 2.24) is 10.3 Å². The average Bonchev–Trinajstić information content (AvgIpc) is 2.95. The molecule has 2 nitrogen and oxygen atoms in total. The van der Waals surface area contributed by atoms with E-state index in [0.717, 1.165) is 24.3 Å². The van der Waals surface area contributed by atoms with Crippen molar-refractivity contribution < 1.29 is 0 Å². The van der Waals surface area contributed by atoms with E-state index in [1.54, 1.807) is 0 Å². The van der Waals surface area contributed by atoms with Crippen LogP contribution in [0, 0.1) is 17.8 Å². The Morgan fingerprint density at radius 1 is 1.15 bits per heavy atom. The summed E-state index contributed by atoms with van der Waals surface area (Å²) in [5.74, 6) is 3.09. The summed E-state index contributed by atoms with van der Waals surface area (Å²) in [4.78, 5) is 3.56. The fourth-order valence-corrected chi connectivity index (χ4v) is 6.42. The summed E-state index contributed by atoms with van der Waals surface area (Å²) in [7, 11) is 0. The van der Waals surface area contributed by atoms with Gasteiger partial charge < -0.3 is 10.3 Å². The lowest BCUT2D eigenvalue weighted by Gasteiger charge is -2.57. The molecule has 4 aliphatic carbocycles. The Balaban J connectivity index is 1.35. The second kappa shape index (κ2) is 4.11. The molecule has 0 spiro atoms. The molecule has 0 aliphatic heterocycles. The van der Waals surface area contributed by atoms with Gasteiger partial charge in [-0.15, -0.1) is 11.3 Å². The van der Waals surface area contributed by atoms with E-state index in [4.69, 9.17) is 0 Å². The lowest BCUT2D eigenvalue weighted by molar-refractivity contribution is -0.0207. The number of fused-ring (bicyclic) bond motifs is 1. The molecule has 2 aromatic rings. The molecule has 4 fully saturated rings. The summed E-state index contributed by atoms with van der Waals surface area (Å²) in [5, 5.41) is 6.13. The lowest BCUT2D eigenvalue weighted by atomic mass is 9.53. The van der Waals surface area contributed by atoms with Crippen LogP contribution >= 0.6 is 11.3 Å². The largest absolute Gasteiger partial charge is 0.357 e. The van der Waals surface area contributed by atoms with Crippen molar-refractivity contribution in [3.8, 4) is 0 Å². The maximum Gasteiger partial charge on any atom is 0.0565 e. The molecule has 0 radical (unpaired) electrons. The number of aromatic nitrogens is 1. The zero-order valence-electron chi connectivity index (χ0n) is 11.8. The minimum atomic E-state index is 0.479. The van der Waals surface area contributed by atoms with Crippen molar-refractivity contribution in [3.05, 3.63) is 23.2 Å². The van der Waals surface area contributed by atoms with Gasteiger partial charge in [0.2, 0.25) is 0 Å². The van der Waals surface area contributed by atoms with E-state index in [1.165, 1.54) is 54.4 Å². The first-order chi connectivity index (χ1) is 9.78. The topological polar surface area (TPSA) is 27.8 Å². The third-order valence-corrected chi connectivity index (χ3v) is 6.85. The first kappa shape index (κ1) is 11.8. The van der Waals surface area contributed by atoms with Gasteiger partial charge in [-0.25, -0.2) is 0 Å². The van der Waals surface area contributed by atoms with Crippen LogP contribution in [0.2, 0.25) is 0 Å². The van der Waals surface area contributed by atoms with Crippen LogP contribution in [0.15, 0.2) is 17.5 Å². The van der Waals surface area contributed by atoms with Crippen molar-refractivity contribution in [3.63, 3.8) is 0 Å². The van der Waals surface area contributed by atoms with Gasteiger partial charge in [-0.1, -0.05) is 0 Å². The van der Waals surface area contributed by atoms with Gasteiger partial charge in [0.25, 0.3) is 0 Å². The smallest absolute Gasteiger partial charge is 0.0565 e. The van der Waals surface area contributed by atoms with Crippen molar-refractivity contribution >= 4 is 21.6 Å². The van der Waals surface area contributed by atoms with Gasteiger partial charge in [-0.3, -0.25) is 0 Å². The Morgan fingerprint density at radius 2 is 1.85 bits per heavy atom. The van der Waals surface area contributed by atoms with Gasteiger partial charge in [-0.05, 0) is 73.8 Å². The number of aromatic amines is 1. The summed E-state index contributed by atoms with van der Waals surface area (Å²) in [6.45, 7) is 1.02. The van der Waals surface area contributed by atoms with Crippen LogP contribution < -0.4 is 5.32 Å². The van der Waals surface area contributed by atoms with E-state index in [2.05, 4.69) is 27.8 Å². The molecule has 2 heterocycles. The van der Waals surface area contributed by atoms with E-state index in [9.17, 15) is 0 Å². The van der Waals surface area contributed by atoms with Gasteiger partial charge >= 0.3 is 0 Å². The van der Waals surface area contributed by atoms with Crippen LogP contribution in [-0.4, -0.2) is 10.5 Å². The Morgan fingerprint density at radius 3 is 2.50 bits per heavy atom. The summed E-state index contributed by atoms with van der Waals surface area (Å²) in [6, 6.07) is 4.52. The number of thiophene rings is 1. The van der Waals surface area contributed by atoms with Gasteiger partial charge in [0.1, 0.15) is 0 Å². The SMILES string of the molecule is c1cc2[nH]c(CNC34CC5CC(CC(C5)C3)C4)cc2s1. The van der Waals surface area contributed by atoms with Crippen molar-refractivity contribution in [1.29, 1.82) is 0 Å². The van der Waals surface area contributed by atoms with Crippen LogP contribution in [0.4, 0.5) is 0 Å². The molecule has 0 aromatic carbocycles. The highest BCUT2D eigenvalue weighted by molar-refractivity contribution is 7.17. The highest BCUT2D eigenvalue weighted by atomic mass is 32.1. The minimum absolute atomic E-state index is 0.479. The molecule has 4 aliphatic rings. The molecule has 0 saturated heterocycles. The van der Waals surface area contributed by atoms with Gasteiger partial charge in [0.05, 0.1) is 10.2 Å². The van der Waals surface area contributed by atoms with E-state index in [0.29, 0.717) is 5.54 Å². The highest BCUT2D eigenvalue weighted by Gasteiger charge is 2.50. The molecule has 4 saturated carbocycles. The molecule has 2 aromatic heterocycles. The normalized spacial score (nSPS) is 38.9. The van der Waals surface area contributed by atoms with Crippen LogP contribution in [0.5, 0.6) is 0 Å². The van der Waals surface area contributed by atoms with Crippen LogP contribution in [-0.2, 0) is 6.54 Å².